The monoisotopic (exact) mass is 464 g/mol. The Morgan fingerprint density at radius 1 is 0.971 bits per heavy atom. The molecule has 0 bridgehead atoms. The molecule has 0 aromatic heterocycles. The van der Waals surface area contributed by atoms with Gasteiger partial charge in [0.1, 0.15) is 0 Å². The first kappa shape index (κ1) is 24.6. The fraction of sp³-hybridized carbons (Fsp3) is 0.750. The second-order valence-electron chi connectivity index (χ2n) is 13.2. The lowest BCUT2D eigenvalue weighted by molar-refractivity contribution is -0.0757. The number of benzene rings is 1. The smallest absolute Gasteiger partial charge is 0.0790 e. The van der Waals surface area contributed by atoms with E-state index in [2.05, 4.69) is 45.9 Å². The largest absolute Gasteiger partial charge is 0.390 e. The van der Waals surface area contributed by atoms with Crippen LogP contribution in [0.4, 0.5) is 0 Å². The molecular weight excluding hydrogens is 416 g/mol. The average Bonchev–Trinajstić information content (AvgIpc) is 3.20. The Morgan fingerprint density at radius 3 is 2.47 bits per heavy atom. The molecule has 0 amide bonds. The quantitative estimate of drug-likeness (QED) is 0.421. The van der Waals surface area contributed by atoms with Crippen LogP contribution < -0.4 is 0 Å². The first-order valence-corrected chi connectivity index (χ1v) is 14.3. The highest BCUT2D eigenvalue weighted by Gasteiger charge is 2.59. The molecule has 34 heavy (non-hydrogen) atoms. The number of fused-ring (bicyclic) bond motifs is 5. The zero-order valence-corrected chi connectivity index (χ0v) is 22.1. The average molecular weight is 465 g/mol. The molecule has 1 aromatic rings. The SMILES string of the molecule is CC[C@]1(O)CC[C@@]2(C)C(=CC[C@H]3[C@@H]4CC[C@H](C(C)CCC(O)c5ccccc5)[C@@]4(C)CC[C@@H]32)C1. The molecular formula is C32H48O2. The molecule has 2 unspecified atom stereocenters. The van der Waals surface area contributed by atoms with Gasteiger partial charge in [-0.15, -0.1) is 0 Å². The van der Waals surface area contributed by atoms with Crippen LogP contribution in [0.2, 0.25) is 0 Å². The number of aliphatic hydroxyl groups excluding tert-OH is 1. The van der Waals surface area contributed by atoms with Gasteiger partial charge in [0.25, 0.3) is 0 Å². The van der Waals surface area contributed by atoms with E-state index in [1.807, 2.05) is 18.2 Å². The molecule has 9 atom stereocenters. The number of hydrogen-bond donors (Lipinski definition) is 2. The van der Waals surface area contributed by atoms with Crippen LogP contribution in [0, 0.1) is 40.4 Å². The lowest BCUT2D eigenvalue weighted by Gasteiger charge is -2.59. The number of allylic oxidation sites excluding steroid dienone is 1. The summed E-state index contributed by atoms with van der Waals surface area (Å²) >= 11 is 0. The van der Waals surface area contributed by atoms with Crippen LogP contribution >= 0.6 is 0 Å². The third-order valence-corrected chi connectivity index (χ3v) is 11.8. The van der Waals surface area contributed by atoms with Crippen LogP contribution in [0.5, 0.6) is 0 Å². The van der Waals surface area contributed by atoms with E-state index in [1.54, 1.807) is 5.57 Å². The zero-order chi connectivity index (χ0) is 24.1. The first-order chi connectivity index (χ1) is 16.2. The van der Waals surface area contributed by atoms with Crippen LogP contribution in [0.3, 0.4) is 0 Å². The highest BCUT2D eigenvalue weighted by molar-refractivity contribution is 5.27. The molecule has 4 aliphatic rings. The van der Waals surface area contributed by atoms with Gasteiger partial charge >= 0.3 is 0 Å². The summed E-state index contributed by atoms with van der Waals surface area (Å²) in [7, 11) is 0. The van der Waals surface area contributed by atoms with Crippen molar-refractivity contribution in [1.82, 2.24) is 0 Å². The lowest BCUT2D eigenvalue weighted by Crippen LogP contribution is -2.52. The van der Waals surface area contributed by atoms with Crippen molar-refractivity contribution < 1.29 is 10.2 Å². The van der Waals surface area contributed by atoms with Crippen molar-refractivity contribution in [2.75, 3.05) is 0 Å². The van der Waals surface area contributed by atoms with E-state index in [0.717, 1.165) is 61.3 Å². The standard InChI is InChI=1S/C32H48O2/c1-5-32(34)20-19-30(3)24(21-32)12-13-25-27-15-14-26(31(27,4)18-17-28(25)30)22(2)11-16-29(33)23-9-7-6-8-10-23/h6-10,12,22,25-29,33-34H,5,11,13-21H2,1-4H3/t22?,25-,26+,27-,28-,29?,30-,31+,32-/m0/s1. The molecule has 0 radical (unpaired) electrons. The molecule has 0 saturated heterocycles. The summed E-state index contributed by atoms with van der Waals surface area (Å²) in [5, 5.41) is 21.8. The van der Waals surface area contributed by atoms with Crippen molar-refractivity contribution in [3.8, 4) is 0 Å². The molecule has 2 heteroatoms. The Bertz CT molecular complexity index is 892. The molecule has 188 valence electrons. The second kappa shape index (κ2) is 9.07. The first-order valence-electron chi connectivity index (χ1n) is 14.3. The van der Waals surface area contributed by atoms with Crippen molar-refractivity contribution in [2.24, 2.45) is 40.4 Å². The van der Waals surface area contributed by atoms with Gasteiger partial charge in [-0.3, -0.25) is 0 Å². The maximum atomic E-state index is 11.0. The molecule has 4 aliphatic carbocycles. The number of aliphatic hydroxyl groups is 2. The summed E-state index contributed by atoms with van der Waals surface area (Å²) in [4.78, 5) is 0. The van der Waals surface area contributed by atoms with Crippen LogP contribution in [0.15, 0.2) is 42.0 Å². The minimum Gasteiger partial charge on any atom is -0.390 e. The van der Waals surface area contributed by atoms with Crippen molar-refractivity contribution >= 4 is 0 Å². The lowest BCUT2D eigenvalue weighted by atomic mass is 9.46. The van der Waals surface area contributed by atoms with Crippen LogP contribution in [-0.2, 0) is 0 Å². The maximum absolute atomic E-state index is 11.0. The minimum atomic E-state index is -0.459. The van der Waals surface area contributed by atoms with Gasteiger partial charge in [-0.1, -0.05) is 69.7 Å². The van der Waals surface area contributed by atoms with Gasteiger partial charge in [0.15, 0.2) is 0 Å². The molecule has 3 saturated carbocycles. The summed E-state index contributed by atoms with van der Waals surface area (Å²) in [6.45, 7) is 9.80. The minimum absolute atomic E-state index is 0.315. The third kappa shape index (κ3) is 4.01. The predicted molar refractivity (Wildman–Crippen MR) is 140 cm³/mol. The fourth-order valence-corrected chi connectivity index (χ4v) is 9.45. The van der Waals surface area contributed by atoms with E-state index < -0.39 is 5.60 Å². The van der Waals surface area contributed by atoms with Crippen LogP contribution in [0.1, 0.15) is 110 Å². The van der Waals surface area contributed by atoms with Gasteiger partial charge < -0.3 is 10.2 Å². The number of rotatable bonds is 6. The molecule has 1 aromatic carbocycles. The van der Waals surface area contributed by atoms with E-state index in [1.165, 1.54) is 38.5 Å². The number of hydrogen-bond acceptors (Lipinski definition) is 2. The van der Waals surface area contributed by atoms with E-state index >= 15 is 0 Å². The van der Waals surface area contributed by atoms with E-state index in [4.69, 9.17) is 0 Å². The normalized spacial score (nSPS) is 43.3. The van der Waals surface area contributed by atoms with Crippen molar-refractivity contribution in [3.63, 3.8) is 0 Å². The third-order valence-electron chi connectivity index (χ3n) is 11.8. The van der Waals surface area contributed by atoms with Crippen LogP contribution in [0.25, 0.3) is 0 Å². The van der Waals surface area contributed by atoms with E-state index in [-0.39, 0.29) is 6.10 Å². The molecule has 0 aliphatic heterocycles. The summed E-state index contributed by atoms with van der Waals surface area (Å²) in [5.74, 6) is 3.94. The Hall–Kier alpha value is -1.12. The summed E-state index contributed by atoms with van der Waals surface area (Å²) in [6, 6.07) is 10.2. The molecule has 3 fully saturated rings. The Morgan fingerprint density at radius 2 is 1.74 bits per heavy atom. The summed E-state index contributed by atoms with van der Waals surface area (Å²) in [5.41, 5.74) is 2.96. The topological polar surface area (TPSA) is 40.5 Å². The molecule has 2 N–H and O–H groups in total. The second-order valence-corrected chi connectivity index (χ2v) is 13.2. The molecule has 2 nitrogen and oxygen atoms in total. The Labute approximate surface area is 208 Å². The maximum Gasteiger partial charge on any atom is 0.0790 e. The van der Waals surface area contributed by atoms with Crippen molar-refractivity contribution in [1.29, 1.82) is 0 Å². The van der Waals surface area contributed by atoms with Gasteiger partial charge in [-0.25, -0.2) is 0 Å². The van der Waals surface area contributed by atoms with Gasteiger partial charge in [0, 0.05) is 0 Å². The van der Waals surface area contributed by atoms with Gasteiger partial charge in [0.2, 0.25) is 0 Å². The fourth-order valence-electron chi connectivity index (χ4n) is 9.45. The van der Waals surface area contributed by atoms with E-state index in [0.29, 0.717) is 16.7 Å². The predicted octanol–water partition coefficient (Wildman–Crippen LogP) is 7.86. The van der Waals surface area contributed by atoms with Gasteiger partial charge in [-0.05, 0) is 117 Å². The summed E-state index contributed by atoms with van der Waals surface area (Å²) < 4.78 is 0. The van der Waals surface area contributed by atoms with Crippen LogP contribution in [-0.4, -0.2) is 15.8 Å². The Kier molecular flexibility index (Phi) is 6.56. The van der Waals surface area contributed by atoms with Gasteiger partial charge in [-0.2, -0.15) is 0 Å². The summed E-state index contributed by atoms with van der Waals surface area (Å²) in [6.07, 6.45) is 14.9. The van der Waals surface area contributed by atoms with Gasteiger partial charge in [0.05, 0.1) is 11.7 Å². The van der Waals surface area contributed by atoms with E-state index in [9.17, 15) is 10.2 Å². The van der Waals surface area contributed by atoms with Crippen molar-refractivity contribution in [3.05, 3.63) is 47.5 Å². The zero-order valence-electron chi connectivity index (χ0n) is 22.1. The molecule has 0 spiro atoms. The molecule has 5 rings (SSSR count). The molecule has 0 heterocycles. The Balaban J connectivity index is 1.28. The highest BCUT2D eigenvalue weighted by Crippen LogP contribution is 2.67. The van der Waals surface area contributed by atoms with Crippen molar-refractivity contribution in [2.45, 2.75) is 110 Å². The highest BCUT2D eigenvalue weighted by atomic mass is 16.3.